The maximum absolute atomic E-state index is 11.8. The lowest BCUT2D eigenvalue weighted by atomic mass is 10.2. The zero-order valence-corrected chi connectivity index (χ0v) is 11.1. The second-order valence-electron chi connectivity index (χ2n) is 5.14. The van der Waals surface area contributed by atoms with Gasteiger partial charge in [0.1, 0.15) is 5.69 Å². The summed E-state index contributed by atoms with van der Waals surface area (Å²) in [5, 5.41) is 3.35. The van der Waals surface area contributed by atoms with Crippen molar-refractivity contribution >= 4 is 11.6 Å². The number of nitrogens with zero attached hydrogens (tertiary/aromatic N) is 2. The topological polar surface area (TPSA) is 45.2 Å². The van der Waals surface area contributed by atoms with Crippen LogP contribution in [0.3, 0.4) is 0 Å². The van der Waals surface area contributed by atoms with Crippen molar-refractivity contribution in [3.8, 4) is 0 Å². The first-order valence-corrected chi connectivity index (χ1v) is 6.58. The molecule has 1 heterocycles. The van der Waals surface area contributed by atoms with Crippen molar-refractivity contribution in [2.24, 2.45) is 5.92 Å². The van der Waals surface area contributed by atoms with E-state index in [-0.39, 0.29) is 5.91 Å². The summed E-state index contributed by atoms with van der Waals surface area (Å²) >= 11 is 0. The lowest BCUT2D eigenvalue weighted by Gasteiger charge is -2.11. The van der Waals surface area contributed by atoms with E-state index in [2.05, 4.69) is 10.3 Å². The Hall–Kier alpha value is -1.58. The molecule has 0 atom stereocenters. The van der Waals surface area contributed by atoms with Crippen LogP contribution in [0.25, 0.3) is 0 Å². The SMILES string of the molecule is CN(C)C(=O)c1cc(NCCCC2CC2)ccn1. The minimum atomic E-state index is -0.0587. The molecule has 1 N–H and O–H groups in total. The quantitative estimate of drug-likeness (QED) is 0.785. The summed E-state index contributed by atoms with van der Waals surface area (Å²) < 4.78 is 0. The van der Waals surface area contributed by atoms with E-state index in [1.54, 1.807) is 25.2 Å². The van der Waals surface area contributed by atoms with Crippen molar-refractivity contribution in [1.82, 2.24) is 9.88 Å². The van der Waals surface area contributed by atoms with Crippen molar-refractivity contribution in [2.45, 2.75) is 25.7 Å². The Morgan fingerprint density at radius 3 is 2.94 bits per heavy atom. The summed E-state index contributed by atoms with van der Waals surface area (Å²) in [6.07, 6.45) is 7.03. The number of hydrogen-bond donors (Lipinski definition) is 1. The normalized spacial score (nSPS) is 14.3. The second-order valence-corrected chi connectivity index (χ2v) is 5.14. The van der Waals surface area contributed by atoms with Gasteiger partial charge in [-0.3, -0.25) is 9.78 Å². The van der Waals surface area contributed by atoms with Crippen LogP contribution in [0.5, 0.6) is 0 Å². The summed E-state index contributed by atoms with van der Waals surface area (Å²) in [6, 6.07) is 3.73. The molecule has 0 bridgehead atoms. The third-order valence-electron chi connectivity index (χ3n) is 3.20. The van der Waals surface area contributed by atoms with E-state index in [0.717, 1.165) is 18.2 Å². The van der Waals surface area contributed by atoms with Crippen LogP contribution in [-0.4, -0.2) is 36.4 Å². The summed E-state index contributed by atoms with van der Waals surface area (Å²) in [6.45, 7) is 0.968. The molecule has 4 nitrogen and oxygen atoms in total. The Balaban J connectivity index is 1.83. The second kappa shape index (κ2) is 5.85. The van der Waals surface area contributed by atoms with E-state index < -0.39 is 0 Å². The van der Waals surface area contributed by atoms with Crippen molar-refractivity contribution in [3.63, 3.8) is 0 Å². The number of pyridine rings is 1. The number of rotatable bonds is 6. The number of aromatic nitrogens is 1. The zero-order valence-electron chi connectivity index (χ0n) is 11.1. The lowest BCUT2D eigenvalue weighted by molar-refractivity contribution is 0.0822. The van der Waals surface area contributed by atoms with Gasteiger partial charge in [0.25, 0.3) is 5.91 Å². The first kappa shape index (κ1) is 12.9. The third-order valence-corrected chi connectivity index (χ3v) is 3.20. The van der Waals surface area contributed by atoms with Crippen LogP contribution in [0.2, 0.25) is 0 Å². The van der Waals surface area contributed by atoms with Crippen LogP contribution in [0.1, 0.15) is 36.2 Å². The van der Waals surface area contributed by atoms with Gasteiger partial charge in [-0.1, -0.05) is 12.8 Å². The Morgan fingerprint density at radius 1 is 1.50 bits per heavy atom. The maximum atomic E-state index is 11.8. The average Bonchev–Trinajstić information content (AvgIpc) is 3.18. The molecule has 2 rings (SSSR count). The van der Waals surface area contributed by atoms with Crippen molar-refractivity contribution < 1.29 is 4.79 Å². The van der Waals surface area contributed by atoms with Crippen molar-refractivity contribution in [3.05, 3.63) is 24.0 Å². The number of carbonyl (C=O) groups is 1. The van der Waals surface area contributed by atoms with Gasteiger partial charge in [0.2, 0.25) is 0 Å². The molecule has 1 aliphatic carbocycles. The fourth-order valence-corrected chi connectivity index (χ4v) is 1.92. The third kappa shape index (κ3) is 3.72. The predicted molar refractivity (Wildman–Crippen MR) is 72.7 cm³/mol. The molecule has 1 aromatic heterocycles. The van der Waals surface area contributed by atoms with E-state index in [4.69, 9.17) is 0 Å². The zero-order chi connectivity index (χ0) is 13.0. The van der Waals surface area contributed by atoms with E-state index in [1.165, 1.54) is 25.7 Å². The van der Waals surface area contributed by atoms with Gasteiger partial charge in [0.15, 0.2) is 0 Å². The van der Waals surface area contributed by atoms with Gasteiger partial charge in [0, 0.05) is 32.5 Å². The first-order chi connectivity index (χ1) is 8.66. The van der Waals surface area contributed by atoms with Gasteiger partial charge in [-0.25, -0.2) is 0 Å². The molecule has 0 unspecified atom stereocenters. The largest absolute Gasteiger partial charge is 0.385 e. The Bertz CT molecular complexity index is 413. The van der Waals surface area contributed by atoms with Crippen LogP contribution in [0.4, 0.5) is 5.69 Å². The van der Waals surface area contributed by atoms with Gasteiger partial charge in [-0.15, -0.1) is 0 Å². The Kier molecular flexibility index (Phi) is 4.18. The molecule has 1 saturated carbocycles. The van der Waals surface area contributed by atoms with Gasteiger partial charge in [-0.2, -0.15) is 0 Å². The molecular weight excluding hydrogens is 226 g/mol. The van der Waals surface area contributed by atoms with Crippen LogP contribution in [0, 0.1) is 5.92 Å². The molecule has 0 radical (unpaired) electrons. The standard InChI is InChI=1S/C14H21N3O/c1-17(2)14(18)13-10-12(7-9-16-13)15-8-3-4-11-5-6-11/h7,9-11H,3-6,8H2,1-2H3,(H,15,16). The minimum Gasteiger partial charge on any atom is -0.385 e. The molecule has 98 valence electrons. The predicted octanol–water partition coefficient (Wildman–Crippen LogP) is 2.39. The number of amides is 1. The summed E-state index contributed by atoms with van der Waals surface area (Å²) in [5.41, 5.74) is 1.47. The lowest BCUT2D eigenvalue weighted by Crippen LogP contribution is -2.22. The Morgan fingerprint density at radius 2 is 2.28 bits per heavy atom. The number of nitrogens with one attached hydrogen (secondary N) is 1. The van der Waals surface area contributed by atoms with Crippen LogP contribution >= 0.6 is 0 Å². The number of hydrogen-bond acceptors (Lipinski definition) is 3. The van der Waals surface area contributed by atoms with Gasteiger partial charge in [-0.05, 0) is 30.9 Å². The molecule has 1 aromatic rings. The monoisotopic (exact) mass is 247 g/mol. The summed E-state index contributed by atoms with van der Waals surface area (Å²) in [4.78, 5) is 17.4. The maximum Gasteiger partial charge on any atom is 0.272 e. The Labute approximate surface area is 108 Å². The van der Waals surface area contributed by atoms with Crippen molar-refractivity contribution in [1.29, 1.82) is 0 Å². The van der Waals surface area contributed by atoms with E-state index in [1.807, 2.05) is 12.1 Å². The number of carbonyl (C=O) groups excluding carboxylic acids is 1. The van der Waals surface area contributed by atoms with Crippen LogP contribution in [-0.2, 0) is 0 Å². The highest BCUT2D eigenvalue weighted by Gasteiger charge is 2.19. The van der Waals surface area contributed by atoms with Crippen molar-refractivity contribution in [2.75, 3.05) is 26.0 Å². The number of anilines is 1. The fraction of sp³-hybridized carbons (Fsp3) is 0.571. The fourth-order valence-electron chi connectivity index (χ4n) is 1.92. The van der Waals surface area contributed by atoms with E-state index in [0.29, 0.717) is 5.69 Å². The highest BCUT2D eigenvalue weighted by Crippen LogP contribution is 2.33. The molecule has 1 amide bonds. The van der Waals surface area contributed by atoms with Gasteiger partial charge < -0.3 is 10.2 Å². The highest BCUT2D eigenvalue weighted by molar-refractivity contribution is 5.92. The molecule has 0 aliphatic heterocycles. The molecule has 18 heavy (non-hydrogen) atoms. The molecule has 4 heteroatoms. The molecular formula is C14H21N3O. The molecule has 0 aromatic carbocycles. The average molecular weight is 247 g/mol. The smallest absolute Gasteiger partial charge is 0.272 e. The van der Waals surface area contributed by atoms with Crippen LogP contribution < -0.4 is 5.32 Å². The van der Waals surface area contributed by atoms with Crippen LogP contribution in [0.15, 0.2) is 18.3 Å². The van der Waals surface area contributed by atoms with Gasteiger partial charge in [0.05, 0.1) is 0 Å². The van der Waals surface area contributed by atoms with E-state index in [9.17, 15) is 4.79 Å². The summed E-state index contributed by atoms with van der Waals surface area (Å²) in [5.74, 6) is 0.923. The molecule has 1 fully saturated rings. The molecule has 1 aliphatic rings. The molecule has 0 spiro atoms. The molecule has 0 saturated heterocycles. The van der Waals surface area contributed by atoms with Gasteiger partial charge >= 0.3 is 0 Å². The summed E-state index contributed by atoms with van der Waals surface area (Å²) in [7, 11) is 3.47. The minimum absolute atomic E-state index is 0.0587. The van der Waals surface area contributed by atoms with E-state index >= 15 is 0 Å². The first-order valence-electron chi connectivity index (χ1n) is 6.58. The highest BCUT2D eigenvalue weighted by atomic mass is 16.2.